The Morgan fingerprint density at radius 1 is 1.40 bits per heavy atom. The maximum Gasteiger partial charge on any atom is 0.238 e. The van der Waals surface area contributed by atoms with Gasteiger partial charge in [0.15, 0.2) is 0 Å². The minimum absolute atomic E-state index is 0.125. The lowest BCUT2D eigenvalue weighted by Gasteiger charge is -2.38. The molecule has 2 aliphatic rings. The van der Waals surface area contributed by atoms with Crippen LogP contribution in [0.1, 0.15) is 25.7 Å². The average molecular weight is 231 g/mol. The van der Waals surface area contributed by atoms with Crippen LogP contribution in [0.2, 0.25) is 0 Å². The number of likely N-dealkylation sites (N-methyl/N-ethyl adjacent to an activating group) is 1. The van der Waals surface area contributed by atoms with Crippen molar-refractivity contribution in [3.63, 3.8) is 0 Å². The van der Waals surface area contributed by atoms with Crippen molar-refractivity contribution in [2.45, 2.75) is 37.8 Å². The van der Waals surface area contributed by atoms with Gasteiger partial charge in [-0.2, -0.15) is 0 Å². The van der Waals surface area contributed by atoms with Crippen LogP contribution in [0.4, 0.5) is 0 Å². The Morgan fingerprint density at radius 2 is 2.13 bits per heavy atom. The summed E-state index contributed by atoms with van der Waals surface area (Å²) < 4.78 is 0. The number of nitrogens with zero attached hydrogens (tertiary/aromatic N) is 2. The lowest BCUT2D eigenvalue weighted by atomic mass is 10.0. The summed E-state index contributed by atoms with van der Waals surface area (Å²) in [5.41, 5.74) is 0. The number of hydrogen-bond acceptors (Lipinski definition) is 2. The standard InChI is InChI=1S/C11H19ClN2O/c1-13-6-2-3-10(8-13)14(9-4-5-9)11(15)7-12/h9-10H,2-8H2,1H3/t10-/m1/s1. The fraction of sp³-hybridized carbons (Fsp3) is 0.909. The summed E-state index contributed by atoms with van der Waals surface area (Å²) in [6.07, 6.45) is 4.68. The summed E-state index contributed by atoms with van der Waals surface area (Å²) in [5.74, 6) is 0.260. The summed E-state index contributed by atoms with van der Waals surface area (Å²) >= 11 is 5.67. The molecule has 1 aliphatic carbocycles. The minimum Gasteiger partial charge on any atom is -0.334 e. The van der Waals surface area contributed by atoms with Gasteiger partial charge in [-0.1, -0.05) is 0 Å². The fourth-order valence-corrected chi connectivity index (χ4v) is 2.63. The van der Waals surface area contributed by atoms with Gasteiger partial charge in [-0.3, -0.25) is 4.79 Å². The molecule has 2 rings (SSSR count). The molecule has 2 fully saturated rings. The zero-order valence-electron chi connectivity index (χ0n) is 9.29. The van der Waals surface area contributed by atoms with E-state index in [1.54, 1.807) is 0 Å². The molecule has 0 bridgehead atoms. The van der Waals surface area contributed by atoms with Crippen molar-refractivity contribution >= 4 is 17.5 Å². The van der Waals surface area contributed by atoms with Gasteiger partial charge in [-0.05, 0) is 39.3 Å². The molecule has 1 amide bonds. The number of likely N-dealkylation sites (tertiary alicyclic amines) is 1. The van der Waals surface area contributed by atoms with E-state index in [1.165, 1.54) is 19.3 Å². The molecule has 15 heavy (non-hydrogen) atoms. The van der Waals surface area contributed by atoms with Crippen LogP contribution < -0.4 is 0 Å². The first-order chi connectivity index (χ1) is 7.22. The van der Waals surface area contributed by atoms with Gasteiger partial charge in [0, 0.05) is 18.6 Å². The van der Waals surface area contributed by atoms with E-state index in [4.69, 9.17) is 11.6 Å². The number of rotatable bonds is 3. The molecule has 86 valence electrons. The van der Waals surface area contributed by atoms with Crippen LogP contribution in [0.3, 0.4) is 0 Å². The van der Waals surface area contributed by atoms with Crippen LogP contribution in [-0.4, -0.2) is 53.8 Å². The molecule has 0 radical (unpaired) electrons. The van der Waals surface area contributed by atoms with Gasteiger partial charge in [0.1, 0.15) is 5.88 Å². The highest BCUT2D eigenvalue weighted by molar-refractivity contribution is 6.27. The maximum atomic E-state index is 11.8. The summed E-state index contributed by atoms with van der Waals surface area (Å²) in [6, 6.07) is 0.898. The van der Waals surface area contributed by atoms with E-state index in [1.807, 2.05) is 0 Å². The normalized spacial score (nSPS) is 27.7. The Labute approximate surface area is 96.4 Å². The quantitative estimate of drug-likeness (QED) is 0.683. The molecule has 0 N–H and O–H groups in total. The Kier molecular flexibility index (Phi) is 3.52. The topological polar surface area (TPSA) is 23.6 Å². The van der Waals surface area contributed by atoms with Crippen LogP contribution in [0.5, 0.6) is 0 Å². The van der Waals surface area contributed by atoms with Crippen molar-refractivity contribution < 1.29 is 4.79 Å². The Bertz CT molecular complexity index is 243. The molecule has 0 aromatic heterocycles. The molecule has 1 atom stereocenters. The van der Waals surface area contributed by atoms with Crippen LogP contribution in [-0.2, 0) is 4.79 Å². The van der Waals surface area contributed by atoms with Crippen molar-refractivity contribution in [2.75, 3.05) is 26.0 Å². The van der Waals surface area contributed by atoms with Gasteiger partial charge >= 0.3 is 0 Å². The van der Waals surface area contributed by atoms with E-state index in [-0.39, 0.29) is 11.8 Å². The van der Waals surface area contributed by atoms with Gasteiger partial charge < -0.3 is 9.80 Å². The van der Waals surface area contributed by atoms with Gasteiger partial charge in [0.25, 0.3) is 0 Å². The van der Waals surface area contributed by atoms with Crippen molar-refractivity contribution in [2.24, 2.45) is 0 Å². The molecule has 3 nitrogen and oxygen atoms in total. The molecule has 1 aliphatic heterocycles. The van der Waals surface area contributed by atoms with Crippen molar-refractivity contribution in [1.82, 2.24) is 9.80 Å². The lowest BCUT2D eigenvalue weighted by molar-refractivity contribution is -0.132. The highest BCUT2D eigenvalue weighted by Gasteiger charge is 2.37. The van der Waals surface area contributed by atoms with Crippen LogP contribution in [0.15, 0.2) is 0 Å². The number of carbonyl (C=O) groups is 1. The number of piperidine rings is 1. The molecule has 0 spiro atoms. The minimum atomic E-state index is 0.125. The Hall–Kier alpha value is -0.280. The predicted molar refractivity (Wildman–Crippen MR) is 61.1 cm³/mol. The third-order valence-corrected chi connectivity index (χ3v) is 3.56. The molecular formula is C11H19ClN2O. The molecule has 0 aromatic carbocycles. The van der Waals surface area contributed by atoms with Crippen LogP contribution >= 0.6 is 11.6 Å². The number of carbonyl (C=O) groups excluding carboxylic acids is 1. The SMILES string of the molecule is CN1CCC[C@@H](N(C(=O)CCl)C2CC2)C1. The Morgan fingerprint density at radius 3 is 2.67 bits per heavy atom. The van der Waals surface area contributed by atoms with Crippen LogP contribution in [0, 0.1) is 0 Å². The smallest absolute Gasteiger partial charge is 0.238 e. The first-order valence-electron chi connectivity index (χ1n) is 5.78. The Balaban J connectivity index is 1.99. The first kappa shape index (κ1) is 11.2. The summed E-state index contributed by atoms with van der Waals surface area (Å²) in [5, 5.41) is 0. The molecule has 1 saturated heterocycles. The van der Waals surface area contributed by atoms with E-state index in [9.17, 15) is 4.79 Å². The van der Waals surface area contributed by atoms with E-state index in [2.05, 4.69) is 16.8 Å². The van der Waals surface area contributed by atoms with E-state index in [0.717, 1.165) is 19.5 Å². The van der Waals surface area contributed by atoms with Gasteiger partial charge in [-0.15, -0.1) is 11.6 Å². The number of hydrogen-bond donors (Lipinski definition) is 0. The zero-order valence-corrected chi connectivity index (χ0v) is 10.0. The fourth-order valence-electron chi connectivity index (χ4n) is 2.49. The highest BCUT2D eigenvalue weighted by Crippen LogP contribution is 2.31. The van der Waals surface area contributed by atoms with Gasteiger partial charge in [0.2, 0.25) is 5.91 Å². The predicted octanol–water partition coefficient (Wildman–Crippen LogP) is 1.31. The number of amides is 1. The van der Waals surface area contributed by atoms with E-state index < -0.39 is 0 Å². The second-order valence-corrected chi connectivity index (χ2v) is 4.99. The summed E-state index contributed by atoms with van der Waals surface area (Å²) in [6.45, 7) is 2.17. The molecule has 0 aromatic rings. The first-order valence-corrected chi connectivity index (χ1v) is 6.31. The van der Waals surface area contributed by atoms with Gasteiger partial charge in [-0.25, -0.2) is 0 Å². The monoisotopic (exact) mass is 230 g/mol. The van der Waals surface area contributed by atoms with Crippen LogP contribution in [0.25, 0.3) is 0 Å². The second-order valence-electron chi connectivity index (χ2n) is 4.72. The molecular weight excluding hydrogens is 212 g/mol. The van der Waals surface area contributed by atoms with Gasteiger partial charge in [0.05, 0.1) is 0 Å². The highest BCUT2D eigenvalue weighted by atomic mass is 35.5. The molecule has 4 heteroatoms. The summed E-state index contributed by atoms with van der Waals surface area (Å²) in [7, 11) is 2.13. The second kappa shape index (κ2) is 4.71. The molecule has 0 unspecified atom stereocenters. The molecule has 1 heterocycles. The average Bonchev–Trinajstić information content (AvgIpc) is 3.02. The summed E-state index contributed by atoms with van der Waals surface area (Å²) in [4.78, 5) is 16.1. The maximum absolute atomic E-state index is 11.8. The lowest BCUT2D eigenvalue weighted by Crippen LogP contribution is -2.50. The van der Waals surface area contributed by atoms with Crippen molar-refractivity contribution in [1.29, 1.82) is 0 Å². The van der Waals surface area contributed by atoms with Crippen molar-refractivity contribution in [3.8, 4) is 0 Å². The third kappa shape index (κ3) is 2.64. The zero-order chi connectivity index (χ0) is 10.8. The molecule has 1 saturated carbocycles. The number of alkyl halides is 1. The van der Waals surface area contributed by atoms with E-state index >= 15 is 0 Å². The third-order valence-electron chi connectivity index (χ3n) is 3.34. The van der Waals surface area contributed by atoms with Crippen molar-refractivity contribution in [3.05, 3.63) is 0 Å². The number of halogens is 1. The van der Waals surface area contributed by atoms with E-state index in [0.29, 0.717) is 12.1 Å². The largest absolute Gasteiger partial charge is 0.334 e.